The van der Waals surface area contributed by atoms with Crippen molar-refractivity contribution in [1.82, 2.24) is 0 Å². The first-order valence-electron chi connectivity index (χ1n) is 6.23. The van der Waals surface area contributed by atoms with Gasteiger partial charge >= 0.3 is 6.18 Å². The van der Waals surface area contributed by atoms with E-state index in [0.29, 0.717) is 19.1 Å². The van der Waals surface area contributed by atoms with Crippen molar-refractivity contribution >= 4 is 35.0 Å². The van der Waals surface area contributed by atoms with Gasteiger partial charge in [0, 0.05) is 17.3 Å². The van der Waals surface area contributed by atoms with E-state index in [2.05, 4.69) is 0 Å². The number of anilines is 1. The maximum absolute atomic E-state index is 12.6. The highest BCUT2D eigenvalue weighted by Gasteiger charge is 2.55. The Bertz CT molecular complexity index is 538. The van der Waals surface area contributed by atoms with Crippen LogP contribution in [0, 0.1) is 0 Å². The number of carbonyl (C=O) groups is 1. The van der Waals surface area contributed by atoms with Gasteiger partial charge in [-0.05, 0) is 31.5 Å². The van der Waals surface area contributed by atoms with E-state index in [1.54, 1.807) is 6.07 Å². The first-order valence-corrected chi connectivity index (χ1v) is 7.59. The maximum atomic E-state index is 12.6. The largest absolute Gasteiger partial charge is 0.426 e. The zero-order valence-electron chi connectivity index (χ0n) is 11.6. The molecule has 1 rings (SSSR count). The summed E-state index contributed by atoms with van der Waals surface area (Å²) in [6.45, 7) is 0.427. The highest BCUT2D eigenvalue weighted by molar-refractivity contribution is 7.99. The van der Waals surface area contributed by atoms with Gasteiger partial charge in [-0.15, -0.1) is 11.8 Å². The second kappa shape index (κ2) is 7.54. The topological polar surface area (TPSA) is 69.6 Å². The van der Waals surface area contributed by atoms with Gasteiger partial charge in [0.2, 0.25) is 5.60 Å². The summed E-state index contributed by atoms with van der Waals surface area (Å²) in [5, 5.41) is 20.0. The third-order valence-corrected chi connectivity index (χ3v) is 4.15. The van der Waals surface area contributed by atoms with Crippen molar-refractivity contribution in [3.63, 3.8) is 0 Å². The third kappa shape index (κ3) is 4.77. The first-order chi connectivity index (χ1) is 10.1. The van der Waals surface area contributed by atoms with Gasteiger partial charge in [-0.3, -0.25) is 4.79 Å². The number of halogens is 4. The number of benzene rings is 1. The molecule has 0 radical (unpaired) electrons. The Labute approximate surface area is 134 Å². The Hall–Kier alpha value is -0.960. The van der Waals surface area contributed by atoms with Gasteiger partial charge < -0.3 is 15.5 Å². The minimum absolute atomic E-state index is 0.0253. The number of aliphatic hydroxyl groups excluding tert-OH is 1. The van der Waals surface area contributed by atoms with E-state index in [-0.39, 0.29) is 17.3 Å². The Morgan fingerprint density at radius 1 is 1.41 bits per heavy atom. The van der Waals surface area contributed by atoms with E-state index in [4.69, 9.17) is 16.7 Å². The third-order valence-electron chi connectivity index (χ3n) is 2.75. The molecule has 1 unspecified atom stereocenters. The summed E-state index contributed by atoms with van der Waals surface area (Å²) in [6, 6.07) is 4.42. The van der Waals surface area contributed by atoms with E-state index in [1.807, 2.05) is 5.32 Å². The van der Waals surface area contributed by atoms with Crippen LogP contribution in [0.5, 0.6) is 0 Å². The van der Waals surface area contributed by atoms with Crippen molar-refractivity contribution in [1.29, 1.82) is 0 Å². The Morgan fingerprint density at radius 2 is 2.05 bits per heavy atom. The summed E-state index contributed by atoms with van der Waals surface area (Å²) in [5.74, 6) is -0.955. The van der Waals surface area contributed by atoms with Crippen LogP contribution in [-0.2, 0) is 4.79 Å². The highest BCUT2D eigenvalue weighted by atomic mass is 35.5. The molecule has 0 aliphatic rings. The molecule has 0 aliphatic heterocycles. The smallest absolute Gasteiger partial charge is 0.396 e. The summed E-state index contributed by atoms with van der Waals surface area (Å²) in [7, 11) is 0. The monoisotopic (exact) mass is 357 g/mol. The standard InChI is InChI=1S/C13H15ClF3NO3S/c1-12(21,13(15,16)17)11(20)18-10-4-3-8(7-9(10)14)22-6-2-5-19/h3-4,7,19,21H,2,5-6H2,1H3,(H,18,20). The zero-order chi connectivity index (χ0) is 17.0. The van der Waals surface area contributed by atoms with Gasteiger partial charge in [-0.2, -0.15) is 13.2 Å². The number of aliphatic hydroxyl groups is 2. The lowest BCUT2D eigenvalue weighted by Crippen LogP contribution is -2.52. The van der Waals surface area contributed by atoms with Crippen LogP contribution in [0.25, 0.3) is 0 Å². The number of rotatable bonds is 6. The van der Waals surface area contributed by atoms with Gasteiger partial charge in [-0.1, -0.05) is 11.6 Å². The van der Waals surface area contributed by atoms with E-state index in [9.17, 15) is 23.1 Å². The molecule has 0 saturated heterocycles. The van der Waals surface area contributed by atoms with E-state index < -0.39 is 17.7 Å². The number of nitrogens with one attached hydrogen (secondary N) is 1. The average molecular weight is 358 g/mol. The molecule has 0 heterocycles. The van der Waals surface area contributed by atoms with Crippen LogP contribution in [0.1, 0.15) is 13.3 Å². The highest BCUT2D eigenvalue weighted by Crippen LogP contribution is 2.33. The molecule has 0 fully saturated rings. The van der Waals surface area contributed by atoms with Crippen molar-refractivity contribution in [3.05, 3.63) is 23.2 Å². The molecule has 1 amide bonds. The Balaban J connectivity index is 2.80. The van der Waals surface area contributed by atoms with Crippen LogP contribution < -0.4 is 5.32 Å². The van der Waals surface area contributed by atoms with Crippen molar-refractivity contribution in [2.45, 2.75) is 30.0 Å². The molecule has 0 saturated carbocycles. The number of amides is 1. The molecule has 1 aromatic rings. The van der Waals surface area contributed by atoms with Crippen LogP contribution in [-0.4, -0.2) is 40.3 Å². The minimum atomic E-state index is -5.09. The van der Waals surface area contributed by atoms with E-state index in [1.165, 1.54) is 23.9 Å². The predicted molar refractivity (Wildman–Crippen MR) is 79.2 cm³/mol. The van der Waals surface area contributed by atoms with Gasteiger partial charge in [0.1, 0.15) is 0 Å². The second-order valence-corrected chi connectivity index (χ2v) is 6.17. The molecule has 0 aromatic heterocycles. The van der Waals surface area contributed by atoms with Crippen LogP contribution in [0.3, 0.4) is 0 Å². The average Bonchev–Trinajstić information content (AvgIpc) is 2.40. The molecule has 0 bridgehead atoms. The molecule has 3 N–H and O–H groups in total. The molecular weight excluding hydrogens is 343 g/mol. The van der Waals surface area contributed by atoms with Crippen LogP contribution in [0.15, 0.2) is 23.1 Å². The van der Waals surface area contributed by atoms with Crippen molar-refractivity contribution in [3.8, 4) is 0 Å². The lowest BCUT2D eigenvalue weighted by Gasteiger charge is -2.25. The lowest BCUT2D eigenvalue weighted by molar-refractivity contribution is -0.242. The lowest BCUT2D eigenvalue weighted by atomic mass is 10.1. The summed E-state index contributed by atoms with van der Waals surface area (Å²) < 4.78 is 37.7. The van der Waals surface area contributed by atoms with Gasteiger partial charge in [-0.25, -0.2) is 0 Å². The normalized spacial score (nSPS) is 14.5. The molecule has 124 valence electrons. The minimum Gasteiger partial charge on any atom is -0.396 e. The number of carbonyl (C=O) groups excluding carboxylic acids is 1. The fourth-order valence-corrected chi connectivity index (χ4v) is 2.48. The second-order valence-electron chi connectivity index (χ2n) is 4.59. The molecule has 9 heteroatoms. The summed E-state index contributed by atoms with van der Waals surface area (Å²) in [5.41, 5.74) is -3.53. The summed E-state index contributed by atoms with van der Waals surface area (Å²) >= 11 is 7.32. The van der Waals surface area contributed by atoms with Crippen molar-refractivity contribution in [2.24, 2.45) is 0 Å². The number of hydrogen-bond donors (Lipinski definition) is 3. The Kier molecular flexibility index (Phi) is 6.54. The molecule has 1 aromatic carbocycles. The van der Waals surface area contributed by atoms with E-state index in [0.717, 1.165) is 4.90 Å². The quantitative estimate of drug-likeness (QED) is 0.540. The van der Waals surface area contributed by atoms with Crippen molar-refractivity contribution in [2.75, 3.05) is 17.7 Å². The van der Waals surface area contributed by atoms with Crippen LogP contribution in [0.4, 0.5) is 18.9 Å². The molecule has 22 heavy (non-hydrogen) atoms. The molecule has 0 aliphatic carbocycles. The molecule has 0 spiro atoms. The summed E-state index contributed by atoms with van der Waals surface area (Å²) in [4.78, 5) is 12.3. The number of hydrogen-bond acceptors (Lipinski definition) is 4. The van der Waals surface area contributed by atoms with Crippen LogP contribution >= 0.6 is 23.4 Å². The SMILES string of the molecule is CC(O)(C(=O)Nc1ccc(SCCCO)cc1Cl)C(F)(F)F. The predicted octanol–water partition coefficient (Wildman–Crippen LogP) is 3.07. The van der Waals surface area contributed by atoms with E-state index >= 15 is 0 Å². The molecular formula is C13H15ClF3NO3S. The molecule has 4 nitrogen and oxygen atoms in total. The number of thioether (sulfide) groups is 1. The van der Waals surface area contributed by atoms with Gasteiger partial charge in [0.25, 0.3) is 5.91 Å². The molecule has 1 atom stereocenters. The number of alkyl halides is 3. The van der Waals surface area contributed by atoms with Gasteiger partial charge in [0.05, 0.1) is 10.7 Å². The fraction of sp³-hybridized carbons (Fsp3) is 0.462. The van der Waals surface area contributed by atoms with Crippen LogP contribution in [0.2, 0.25) is 5.02 Å². The van der Waals surface area contributed by atoms with Crippen molar-refractivity contribution < 1.29 is 28.2 Å². The zero-order valence-corrected chi connectivity index (χ0v) is 13.1. The summed E-state index contributed by atoms with van der Waals surface area (Å²) in [6.07, 6.45) is -4.50. The first kappa shape index (κ1) is 19.1. The Morgan fingerprint density at radius 3 is 2.55 bits per heavy atom. The van der Waals surface area contributed by atoms with Gasteiger partial charge in [0.15, 0.2) is 0 Å². The maximum Gasteiger partial charge on any atom is 0.426 e. The fourth-order valence-electron chi connectivity index (χ4n) is 1.31.